The molecule has 6 aromatic carbocycles. The Morgan fingerprint density at radius 3 is 0.692 bits per heavy atom. The molecule has 1 aliphatic carbocycles. The van der Waals surface area contributed by atoms with E-state index in [1.807, 2.05) is 49.1 Å². The second-order valence-corrected chi connectivity index (χ2v) is 27.8. The van der Waals surface area contributed by atoms with Crippen molar-refractivity contribution < 1.29 is 18.9 Å². The van der Waals surface area contributed by atoms with Crippen LogP contribution in [0.5, 0.6) is 23.0 Å². The van der Waals surface area contributed by atoms with E-state index in [0.717, 1.165) is 89.8 Å². The molecule has 8 aromatic rings. The zero-order chi connectivity index (χ0) is 55.6. The first-order valence-electron chi connectivity index (χ1n) is 27.4. The lowest BCUT2D eigenvalue weighted by atomic mass is 9.79. The molecule has 0 saturated heterocycles. The number of halogens is 2. The van der Waals surface area contributed by atoms with Gasteiger partial charge in [0.2, 0.25) is 0 Å². The number of aromatic nitrogens is 2. The van der Waals surface area contributed by atoms with Gasteiger partial charge in [-0.2, -0.15) is 0 Å². The first-order chi connectivity index (χ1) is 36.9. The highest BCUT2D eigenvalue weighted by Crippen LogP contribution is 2.45. The third-order valence-corrected chi connectivity index (χ3v) is 16.3. The molecule has 6 nitrogen and oxygen atoms in total. The van der Waals surface area contributed by atoms with Crippen molar-refractivity contribution in [1.29, 1.82) is 0 Å². The molecule has 0 spiro atoms. The first-order valence-corrected chi connectivity index (χ1v) is 29.5. The molecule has 0 unspecified atom stereocenters. The Hall–Kier alpha value is -5.72. The summed E-state index contributed by atoms with van der Waals surface area (Å²) in [7, 11) is 0. The van der Waals surface area contributed by atoms with Crippen LogP contribution in [0.1, 0.15) is 172 Å². The van der Waals surface area contributed by atoms with Crippen molar-refractivity contribution in [2.24, 2.45) is 0 Å². The topological polar surface area (TPSA) is 62.7 Å². The molecule has 0 saturated carbocycles. The van der Waals surface area contributed by atoms with Gasteiger partial charge in [0.15, 0.2) is 0 Å². The normalized spacial score (nSPS) is 13.0. The number of benzene rings is 6. The van der Waals surface area contributed by atoms with Gasteiger partial charge in [-0.3, -0.25) is 9.97 Å². The Labute approximate surface area is 492 Å². The molecule has 9 rings (SSSR count). The second-order valence-electron chi connectivity index (χ2n) is 25.3. The highest BCUT2D eigenvalue weighted by atomic mass is 127. The SMILES string of the molecule is CC(C)(C)c1cc2c(OCc3ccncc3)c(c1)Cc1cc(C(C)(C)C)cc(c1OCc1ccc(I)cc1)Cc1cc(C(C)(C)C)cc(c1OCc1ccncc1)Cc1cc(C(C)(C)C)cc(c1OCc1ccc(I)cc1)C2. The molecule has 0 atom stereocenters. The highest BCUT2D eigenvalue weighted by Gasteiger charge is 2.30. The molecule has 2 heterocycles. The maximum absolute atomic E-state index is 7.33. The van der Waals surface area contributed by atoms with Gasteiger partial charge in [-0.1, -0.05) is 156 Å². The quantitative estimate of drug-likeness (QED) is 0.114. The van der Waals surface area contributed by atoms with Gasteiger partial charge in [0, 0.05) is 57.6 Å². The summed E-state index contributed by atoms with van der Waals surface area (Å²) in [5.41, 5.74) is 17.5. The third kappa shape index (κ3) is 14.2. The van der Waals surface area contributed by atoms with Crippen LogP contribution in [0, 0.1) is 7.14 Å². The van der Waals surface area contributed by atoms with E-state index in [1.165, 1.54) is 29.4 Å². The van der Waals surface area contributed by atoms with Crippen molar-refractivity contribution in [3.8, 4) is 23.0 Å². The number of hydrogen-bond donors (Lipinski definition) is 0. The maximum atomic E-state index is 7.33. The predicted molar refractivity (Wildman–Crippen MR) is 336 cm³/mol. The minimum Gasteiger partial charge on any atom is -0.488 e. The van der Waals surface area contributed by atoms with Crippen molar-refractivity contribution in [3.05, 3.63) is 242 Å². The lowest BCUT2D eigenvalue weighted by Gasteiger charge is -2.29. The van der Waals surface area contributed by atoms with E-state index < -0.39 is 0 Å². The summed E-state index contributed by atoms with van der Waals surface area (Å²) < 4.78 is 31.6. The lowest BCUT2D eigenvalue weighted by Crippen LogP contribution is -2.17. The molecular formula is C70H76I2N2O4. The number of fused-ring (bicyclic) bond motifs is 8. The van der Waals surface area contributed by atoms with E-state index in [0.29, 0.717) is 52.1 Å². The molecule has 2 aromatic heterocycles. The van der Waals surface area contributed by atoms with Crippen molar-refractivity contribution in [2.75, 3.05) is 0 Å². The van der Waals surface area contributed by atoms with Crippen LogP contribution in [0.4, 0.5) is 0 Å². The van der Waals surface area contributed by atoms with Crippen LogP contribution in [0.25, 0.3) is 0 Å². The molecule has 1 aliphatic rings. The molecule has 8 heteroatoms. The maximum Gasteiger partial charge on any atom is 0.126 e. The molecule has 404 valence electrons. The fourth-order valence-corrected chi connectivity index (χ4v) is 10.8. The summed E-state index contributed by atoms with van der Waals surface area (Å²) in [6.07, 6.45) is 9.67. The molecule has 8 bridgehead atoms. The van der Waals surface area contributed by atoms with Crippen molar-refractivity contribution in [1.82, 2.24) is 9.97 Å². The number of ether oxygens (including phenoxy) is 4. The van der Waals surface area contributed by atoms with Gasteiger partial charge in [-0.15, -0.1) is 0 Å². The van der Waals surface area contributed by atoms with Gasteiger partial charge in [0.1, 0.15) is 49.4 Å². The van der Waals surface area contributed by atoms with Gasteiger partial charge in [0.25, 0.3) is 0 Å². The fourth-order valence-electron chi connectivity index (χ4n) is 10.1. The average molecular weight is 1260 g/mol. The lowest BCUT2D eigenvalue weighted by molar-refractivity contribution is 0.293. The monoisotopic (exact) mass is 1260 g/mol. The number of hydrogen-bond acceptors (Lipinski definition) is 6. The van der Waals surface area contributed by atoms with Crippen LogP contribution in [-0.4, -0.2) is 9.97 Å². The minimum absolute atomic E-state index is 0.181. The molecular weight excluding hydrogens is 1190 g/mol. The summed E-state index contributed by atoms with van der Waals surface area (Å²) in [6.45, 7) is 29.4. The molecule has 0 aliphatic heterocycles. The van der Waals surface area contributed by atoms with Crippen LogP contribution in [0.3, 0.4) is 0 Å². The average Bonchev–Trinajstić information content (AvgIpc) is 3.48. The van der Waals surface area contributed by atoms with Crippen LogP contribution >= 0.6 is 45.2 Å². The number of pyridine rings is 2. The Balaban J connectivity index is 1.38. The number of rotatable bonds is 12. The summed E-state index contributed by atoms with van der Waals surface area (Å²) in [4.78, 5) is 8.71. The molecule has 0 radical (unpaired) electrons. The summed E-state index contributed by atoms with van der Waals surface area (Å²) in [5, 5.41) is 0. The Morgan fingerprint density at radius 2 is 0.500 bits per heavy atom. The van der Waals surface area contributed by atoms with E-state index in [9.17, 15) is 0 Å². The molecule has 0 N–H and O–H groups in total. The van der Waals surface area contributed by atoms with E-state index in [4.69, 9.17) is 18.9 Å². The Bertz CT molecular complexity index is 3060. The predicted octanol–water partition coefficient (Wildman–Crippen LogP) is 17.9. The van der Waals surface area contributed by atoms with E-state index >= 15 is 0 Å². The van der Waals surface area contributed by atoms with Crippen molar-refractivity contribution in [2.45, 2.75) is 157 Å². The van der Waals surface area contributed by atoms with E-state index in [1.54, 1.807) is 0 Å². The van der Waals surface area contributed by atoms with E-state index in [2.05, 4.69) is 235 Å². The fraction of sp³-hybridized carbons (Fsp3) is 0.343. The summed E-state index contributed by atoms with van der Waals surface area (Å²) in [5.74, 6) is 3.56. The van der Waals surface area contributed by atoms with Gasteiger partial charge in [0.05, 0.1) is 0 Å². The van der Waals surface area contributed by atoms with E-state index in [-0.39, 0.29) is 21.7 Å². The third-order valence-electron chi connectivity index (χ3n) is 14.8. The van der Waals surface area contributed by atoms with Gasteiger partial charge >= 0.3 is 0 Å². The zero-order valence-electron chi connectivity index (χ0n) is 47.8. The molecule has 0 amide bonds. The Kier molecular flexibility index (Phi) is 17.2. The summed E-state index contributed by atoms with van der Waals surface area (Å²) >= 11 is 4.76. The van der Waals surface area contributed by atoms with Crippen LogP contribution in [-0.2, 0) is 73.8 Å². The van der Waals surface area contributed by atoms with Gasteiger partial charge in [-0.25, -0.2) is 0 Å². The van der Waals surface area contributed by atoms with Gasteiger partial charge in [-0.05, 0) is 204 Å². The summed E-state index contributed by atoms with van der Waals surface area (Å²) in [6, 6.07) is 44.7. The smallest absolute Gasteiger partial charge is 0.126 e. The zero-order valence-corrected chi connectivity index (χ0v) is 52.1. The van der Waals surface area contributed by atoms with Crippen molar-refractivity contribution in [3.63, 3.8) is 0 Å². The standard InChI is InChI=1S/C70H76I2N2O4/c1-67(2,3)57-33-49-29-53-37-59(69(7,8)9)39-55(65(53)77-43-47-21-25-73-26-22-47)31-51-35-58(68(4,5)6)36-52(64(51)76-42-46-15-19-62(72)20-16-46)32-56-40-60(70(10,11)12)38-54(66(56)78-44-48-23-27-74-28-24-48)30-50(34-57)63(49)75-41-45-13-17-61(71)18-14-45/h13-28,33-40H,29-32,41-44H2,1-12H3. The second kappa shape index (κ2) is 23.5. The number of nitrogens with zero attached hydrogens (tertiary/aromatic N) is 2. The van der Waals surface area contributed by atoms with Crippen LogP contribution in [0.2, 0.25) is 0 Å². The highest BCUT2D eigenvalue weighted by molar-refractivity contribution is 14.1. The van der Waals surface area contributed by atoms with Gasteiger partial charge < -0.3 is 18.9 Å². The minimum atomic E-state index is -0.181. The van der Waals surface area contributed by atoms with Crippen LogP contribution < -0.4 is 18.9 Å². The largest absolute Gasteiger partial charge is 0.488 e. The molecule has 0 fully saturated rings. The van der Waals surface area contributed by atoms with Crippen molar-refractivity contribution >= 4 is 45.2 Å². The van der Waals surface area contributed by atoms with Crippen LogP contribution in [0.15, 0.2) is 146 Å². The first kappa shape index (κ1) is 57.0. The Morgan fingerprint density at radius 1 is 0.308 bits per heavy atom. The molecule has 78 heavy (non-hydrogen) atoms.